The summed E-state index contributed by atoms with van der Waals surface area (Å²) in [5, 5.41) is 0. The third-order valence-electron chi connectivity index (χ3n) is 2.68. The van der Waals surface area contributed by atoms with Gasteiger partial charge in [-0.25, -0.2) is 0 Å². The van der Waals surface area contributed by atoms with Gasteiger partial charge in [-0.3, -0.25) is 4.90 Å². The zero-order valence-corrected chi connectivity index (χ0v) is 9.31. The van der Waals surface area contributed by atoms with Crippen LogP contribution in [0, 0.1) is 5.41 Å². The van der Waals surface area contributed by atoms with Gasteiger partial charge in [-0.15, -0.1) is 0 Å². The fourth-order valence-electron chi connectivity index (χ4n) is 2.12. The first kappa shape index (κ1) is 11.1. The summed E-state index contributed by atoms with van der Waals surface area (Å²) in [6.45, 7) is 10.0. The molecule has 1 aliphatic rings. The Morgan fingerprint density at radius 2 is 2.00 bits per heavy atom. The molecule has 0 aliphatic carbocycles. The van der Waals surface area contributed by atoms with Gasteiger partial charge in [-0.2, -0.15) is 0 Å². The van der Waals surface area contributed by atoms with Crippen molar-refractivity contribution in [3.63, 3.8) is 0 Å². The maximum atomic E-state index is 5.33. The molecule has 1 saturated heterocycles. The predicted molar refractivity (Wildman–Crippen MR) is 61.5 cm³/mol. The molecule has 0 saturated carbocycles. The van der Waals surface area contributed by atoms with Crippen LogP contribution < -0.4 is 0 Å². The Morgan fingerprint density at radius 3 is 2.54 bits per heavy atom. The van der Waals surface area contributed by atoms with Gasteiger partial charge >= 0.3 is 0 Å². The van der Waals surface area contributed by atoms with E-state index in [1.54, 1.807) is 0 Å². The van der Waals surface area contributed by atoms with Gasteiger partial charge in [-0.1, -0.05) is 20.2 Å². The molecule has 0 aromatic carbocycles. The molecule has 1 aliphatic heterocycles. The highest BCUT2D eigenvalue weighted by Crippen LogP contribution is 2.21. The monoisotopic (exact) mass is 181 g/mol. The lowest BCUT2D eigenvalue weighted by Gasteiger charge is -2.34. The first-order chi connectivity index (χ1) is 6.14. The third-order valence-corrected chi connectivity index (χ3v) is 2.68. The van der Waals surface area contributed by atoms with E-state index in [1.807, 2.05) is 0 Å². The molecule has 0 spiro atoms. The van der Waals surface area contributed by atoms with Crippen LogP contribution in [-0.2, 0) is 4.74 Å². The molecule has 0 N–H and O–H groups in total. The van der Waals surface area contributed by atoms with E-state index in [9.17, 15) is 0 Å². The van der Waals surface area contributed by atoms with Crippen LogP contribution in [0.15, 0.2) is 0 Å². The van der Waals surface area contributed by atoms with E-state index < -0.39 is 0 Å². The summed E-state index contributed by atoms with van der Waals surface area (Å²) in [5.74, 6) is 0. The van der Waals surface area contributed by atoms with Crippen molar-refractivity contribution in [1.29, 1.82) is 0 Å². The summed E-state index contributed by atoms with van der Waals surface area (Å²) < 4.78 is 5.33. The Hall–Kier alpha value is 0.0499. The summed E-state index contributed by atoms with van der Waals surface area (Å²) in [4.78, 5) is 2.53. The zero-order valence-electron chi connectivity index (χ0n) is 9.31. The molecule has 0 bridgehead atoms. The molecule has 0 unspecified atom stereocenters. The van der Waals surface area contributed by atoms with Crippen LogP contribution in [-0.4, -0.2) is 52.7 Å². The van der Waals surface area contributed by atoms with E-state index in [4.69, 9.17) is 4.74 Å². The van der Waals surface area contributed by atoms with Crippen molar-refractivity contribution in [1.82, 2.24) is 4.90 Å². The third kappa shape index (κ3) is 4.19. The normalized spacial score (nSPS) is 20.2. The SMILES string of the molecule is BBCC(C)(C)CN1CCOCC1. The van der Waals surface area contributed by atoms with Crippen LogP contribution in [0.25, 0.3) is 0 Å². The molecule has 13 heavy (non-hydrogen) atoms. The summed E-state index contributed by atoms with van der Waals surface area (Å²) in [6.07, 6.45) is 1.32. The smallest absolute Gasteiger partial charge is 0.0829 e. The van der Waals surface area contributed by atoms with Crippen molar-refractivity contribution in [2.45, 2.75) is 20.2 Å². The van der Waals surface area contributed by atoms with Gasteiger partial charge in [0.1, 0.15) is 0 Å². The summed E-state index contributed by atoms with van der Waals surface area (Å²) in [6, 6.07) is 0. The Balaban J connectivity index is 2.28. The van der Waals surface area contributed by atoms with Crippen molar-refractivity contribution in [2.75, 3.05) is 32.8 Å². The molecular formula is C9H21B2NO. The average Bonchev–Trinajstić information content (AvgIpc) is 2.04. The highest BCUT2D eigenvalue weighted by molar-refractivity contribution is 6.89. The number of rotatable bonds is 4. The van der Waals surface area contributed by atoms with Gasteiger partial charge in [0.25, 0.3) is 0 Å². The van der Waals surface area contributed by atoms with Crippen molar-refractivity contribution in [2.24, 2.45) is 5.41 Å². The van der Waals surface area contributed by atoms with Gasteiger partial charge in [0, 0.05) is 19.6 Å². The van der Waals surface area contributed by atoms with Crippen molar-refractivity contribution in [3.05, 3.63) is 0 Å². The highest BCUT2D eigenvalue weighted by atomic mass is 16.5. The Kier molecular flexibility index (Phi) is 4.33. The van der Waals surface area contributed by atoms with E-state index in [2.05, 4.69) is 26.5 Å². The van der Waals surface area contributed by atoms with Crippen molar-refractivity contribution < 1.29 is 4.74 Å². The second-order valence-corrected chi connectivity index (χ2v) is 4.80. The topological polar surface area (TPSA) is 12.5 Å². The number of morpholine rings is 1. The lowest BCUT2D eigenvalue weighted by molar-refractivity contribution is 0.0237. The van der Waals surface area contributed by atoms with Crippen LogP contribution in [0.5, 0.6) is 0 Å². The molecule has 1 fully saturated rings. The molecule has 0 aromatic heterocycles. The summed E-state index contributed by atoms with van der Waals surface area (Å²) in [5.41, 5.74) is 0.478. The number of nitrogens with zero attached hydrogens (tertiary/aromatic N) is 1. The standard InChI is InChI=1S/C9H21B2NO/c1-9(2,7-11-10)8-12-3-5-13-6-4-12/h11H,3-8,10H2,1-2H3. The van der Waals surface area contributed by atoms with E-state index in [0.717, 1.165) is 26.3 Å². The van der Waals surface area contributed by atoms with Crippen LogP contribution in [0.4, 0.5) is 0 Å². The zero-order chi connectivity index (χ0) is 9.73. The molecule has 74 valence electrons. The minimum absolute atomic E-state index is 0.478. The minimum atomic E-state index is 0.478. The molecule has 1 rings (SSSR count). The van der Waals surface area contributed by atoms with Crippen molar-refractivity contribution in [3.8, 4) is 0 Å². The second-order valence-electron chi connectivity index (χ2n) is 4.80. The molecule has 1 heterocycles. The van der Waals surface area contributed by atoms with Crippen LogP contribution >= 0.6 is 0 Å². The van der Waals surface area contributed by atoms with Crippen LogP contribution in [0.3, 0.4) is 0 Å². The lowest BCUT2D eigenvalue weighted by atomic mass is 9.49. The van der Waals surface area contributed by atoms with E-state index >= 15 is 0 Å². The van der Waals surface area contributed by atoms with Gasteiger partial charge < -0.3 is 4.74 Å². The minimum Gasteiger partial charge on any atom is -0.379 e. The first-order valence-electron chi connectivity index (χ1n) is 5.44. The Bertz CT molecular complexity index is 147. The summed E-state index contributed by atoms with van der Waals surface area (Å²) in [7, 11) is 3.55. The first-order valence-corrected chi connectivity index (χ1v) is 5.44. The average molecular weight is 181 g/mol. The maximum absolute atomic E-state index is 5.33. The number of ether oxygens (including phenoxy) is 1. The fourth-order valence-corrected chi connectivity index (χ4v) is 2.12. The van der Waals surface area contributed by atoms with Gasteiger partial charge in [0.05, 0.1) is 28.1 Å². The van der Waals surface area contributed by atoms with Gasteiger partial charge in [0.15, 0.2) is 0 Å². The van der Waals surface area contributed by atoms with Crippen LogP contribution in [0.1, 0.15) is 13.8 Å². The van der Waals surface area contributed by atoms with Crippen LogP contribution in [0.2, 0.25) is 6.32 Å². The van der Waals surface area contributed by atoms with E-state index in [0.29, 0.717) is 5.41 Å². The largest absolute Gasteiger partial charge is 0.379 e. The number of hydrogen-bond acceptors (Lipinski definition) is 2. The lowest BCUT2D eigenvalue weighted by Crippen LogP contribution is -2.42. The number of hydrogen-bond donors (Lipinski definition) is 0. The highest BCUT2D eigenvalue weighted by Gasteiger charge is 2.21. The van der Waals surface area contributed by atoms with E-state index in [1.165, 1.54) is 20.0 Å². The molecule has 0 amide bonds. The Labute approximate surface area is 83.6 Å². The quantitative estimate of drug-likeness (QED) is 0.554. The molecular weight excluding hydrogens is 160 g/mol. The van der Waals surface area contributed by atoms with Gasteiger partial charge in [0.2, 0.25) is 0 Å². The van der Waals surface area contributed by atoms with E-state index in [-0.39, 0.29) is 0 Å². The molecule has 0 radical (unpaired) electrons. The predicted octanol–water partition coefficient (Wildman–Crippen LogP) is -0.252. The molecule has 2 nitrogen and oxygen atoms in total. The van der Waals surface area contributed by atoms with Gasteiger partial charge in [-0.05, 0) is 5.41 Å². The maximum Gasteiger partial charge on any atom is 0.0829 e. The molecule has 4 heteroatoms. The molecule has 0 atom stereocenters. The van der Waals surface area contributed by atoms with Crippen molar-refractivity contribution >= 4 is 14.9 Å². The fraction of sp³-hybridized carbons (Fsp3) is 1.00. The summed E-state index contributed by atoms with van der Waals surface area (Å²) >= 11 is 0. The molecule has 0 aromatic rings. The Morgan fingerprint density at radius 1 is 1.38 bits per heavy atom. The second kappa shape index (κ2) is 5.06.